The standard InChI is InChI=1S/C22H14N2O2S/c23-12-17-4-1-5-18(9-17)14-26-21-6-2-3-16(11-21)10-20(13-24)22(25)19-7-8-27-15-19/h1-11,15H,14H2/b20-10-. The molecule has 0 amide bonds. The van der Waals surface area contributed by atoms with E-state index in [1.807, 2.05) is 18.2 Å². The van der Waals surface area contributed by atoms with Crippen molar-refractivity contribution < 1.29 is 9.53 Å². The summed E-state index contributed by atoms with van der Waals surface area (Å²) in [6, 6.07) is 20.2. The van der Waals surface area contributed by atoms with Crippen molar-refractivity contribution in [2.75, 3.05) is 0 Å². The minimum Gasteiger partial charge on any atom is -0.489 e. The van der Waals surface area contributed by atoms with E-state index < -0.39 is 0 Å². The van der Waals surface area contributed by atoms with Gasteiger partial charge in [0.05, 0.1) is 11.6 Å². The number of benzene rings is 2. The van der Waals surface area contributed by atoms with Crippen LogP contribution in [-0.2, 0) is 6.61 Å². The molecule has 3 aromatic rings. The smallest absolute Gasteiger partial charge is 0.204 e. The largest absolute Gasteiger partial charge is 0.489 e. The molecule has 0 aliphatic carbocycles. The highest BCUT2D eigenvalue weighted by molar-refractivity contribution is 7.08. The predicted molar refractivity (Wildman–Crippen MR) is 104 cm³/mol. The number of ether oxygens (including phenoxy) is 1. The second-order valence-electron chi connectivity index (χ2n) is 5.68. The lowest BCUT2D eigenvalue weighted by Gasteiger charge is -2.07. The van der Waals surface area contributed by atoms with Crippen LogP contribution >= 0.6 is 11.3 Å². The Balaban J connectivity index is 1.75. The van der Waals surface area contributed by atoms with Crippen LogP contribution in [0.25, 0.3) is 6.08 Å². The first-order valence-electron chi connectivity index (χ1n) is 8.10. The van der Waals surface area contributed by atoms with Crippen LogP contribution in [-0.4, -0.2) is 5.78 Å². The maximum atomic E-state index is 12.4. The molecule has 1 aromatic heterocycles. The van der Waals surface area contributed by atoms with Gasteiger partial charge in [-0.05, 0) is 52.9 Å². The van der Waals surface area contributed by atoms with Crippen molar-refractivity contribution in [3.8, 4) is 17.9 Å². The Hall–Kier alpha value is -3.67. The summed E-state index contributed by atoms with van der Waals surface area (Å²) >= 11 is 1.41. The zero-order valence-corrected chi connectivity index (χ0v) is 15.1. The summed E-state index contributed by atoms with van der Waals surface area (Å²) in [5.41, 5.74) is 2.77. The Morgan fingerprint density at radius 1 is 1.11 bits per heavy atom. The Morgan fingerprint density at radius 2 is 1.96 bits per heavy atom. The minimum absolute atomic E-state index is 0.0762. The highest BCUT2D eigenvalue weighted by Crippen LogP contribution is 2.19. The summed E-state index contributed by atoms with van der Waals surface area (Å²) in [6.45, 7) is 0.321. The van der Waals surface area contributed by atoms with Crippen molar-refractivity contribution >= 4 is 23.2 Å². The Labute approximate surface area is 161 Å². The van der Waals surface area contributed by atoms with Gasteiger partial charge in [-0.25, -0.2) is 0 Å². The third kappa shape index (κ3) is 4.70. The number of Topliss-reactive ketones (excluding diaryl/α,β-unsaturated/α-hetero) is 1. The predicted octanol–water partition coefficient (Wildman–Crippen LogP) is 4.99. The van der Waals surface area contributed by atoms with E-state index >= 15 is 0 Å². The van der Waals surface area contributed by atoms with Crippen LogP contribution in [0, 0.1) is 22.7 Å². The lowest BCUT2D eigenvalue weighted by Crippen LogP contribution is -2.00. The molecule has 27 heavy (non-hydrogen) atoms. The van der Waals surface area contributed by atoms with Gasteiger partial charge in [-0.15, -0.1) is 0 Å². The maximum Gasteiger partial charge on any atom is 0.204 e. The number of nitriles is 2. The second-order valence-corrected chi connectivity index (χ2v) is 6.46. The Morgan fingerprint density at radius 3 is 2.70 bits per heavy atom. The van der Waals surface area contributed by atoms with Gasteiger partial charge >= 0.3 is 0 Å². The first-order valence-corrected chi connectivity index (χ1v) is 9.04. The summed E-state index contributed by atoms with van der Waals surface area (Å²) in [7, 11) is 0. The van der Waals surface area contributed by atoms with E-state index in [2.05, 4.69) is 6.07 Å². The minimum atomic E-state index is -0.293. The molecule has 0 unspecified atom stereocenters. The number of nitrogens with zero attached hydrogens (tertiary/aromatic N) is 2. The van der Waals surface area contributed by atoms with E-state index in [-0.39, 0.29) is 11.4 Å². The molecule has 4 nitrogen and oxygen atoms in total. The molecule has 0 spiro atoms. The fourth-order valence-corrected chi connectivity index (χ4v) is 3.09. The topological polar surface area (TPSA) is 73.9 Å². The third-order valence-corrected chi connectivity index (χ3v) is 4.46. The Kier molecular flexibility index (Phi) is 5.79. The van der Waals surface area contributed by atoms with Gasteiger partial charge in [-0.3, -0.25) is 4.79 Å². The van der Waals surface area contributed by atoms with Crippen molar-refractivity contribution in [1.82, 2.24) is 0 Å². The highest BCUT2D eigenvalue weighted by Gasteiger charge is 2.12. The van der Waals surface area contributed by atoms with E-state index in [1.54, 1.807) is 59.3 Å². The fraction of sp³-hybridized carbons (Fsp3) is 0.0455. The van der Waals surface area contributed by atoms with Gasteiger partial charge in [-0.1, -0.05) is 24.3 Å². The molecule has 0 fully saturated rings. The van der Waals surface area contributed by atoms with Gasteiger partial charge in [0.25, 0.3) is 0 Å². The van der Waals surface area contributed by atoms with Crippen molar-refractivity contribution in [1.29, 1.82) is 10.5 Å². The van der Waals surface area contributed by atoms with Crippen molar-refractivity contribution in [2.45, 2.75) is 6.61 Å². The average Bonchev–Trinajstić information content (AvgIpc) is 3.25. The van der Waals surface area contributed by atoms with Crippen LogP contribution in [0.2, 0.25) is 0 Å². The molecule has 0 aliphatic rings. The molecule has 5 heteroatoms. The van der Waals surface area contributed by atoms with Crippen LogP contribution in [0.3, 0.4) is 0 Å². The van der Waals surface area contributed by atoms with E-state index in [0.717, 1.165) is 5.56 Å². The molecule has 1 heterocycles. The number of ketones is 1. The van der Waals surface area contributed by atoms with E-state index in [4.69, 9.17) is 10.00 Å². The first-order chi connectivity index (χ1) is 13.2. The molecule has 0 aliphatic heterocycles. The summed E-state index contributed by atoms with van der Waals surface area (Å²) in [5, 5.41) is 21.8. The molecule has 0 atom stereocenters. The highest BCUT2D eigenvalue weighted by atomic mass is 32.1. The SMILES string of the molecule is N#C/C(=C/c1cccc(OCc2cccc(C#N)c2)c1)C(=O)c1ccsc1. The average molecular weight is 370 g/mol. The monoisotopic (exact) mass is 370 g/mol. The molecule has 0 radical (unpaired) electrons. The van der Waals surface area contributed by atoms with E-state index in [1.165, 1.54) is 11.3 Å². The van der Waals surface area contributed by atoms with Crippen LogP contribution in [0.4, 0.5) is 0 Å². The summed E-state index contributed by atoms with van der Waals surface area (Å²) < 4.78 is 5.78. The number of hydrogen-bond donors (Lipinski definition) is 0. The second kappa shape index (κ2) is 8.62. The number of allylic oxidation sites excluding steroid dienone is 1. The fourth-order valence-electron chi connectivity index (χ4n) is 2.46. The summed E-state index contributed by atoms with van der Waals surface area (Å²) in [5.74, 6) is 0.324. The maximum absolute atomic E-state index is 12.4. The van der Waals surface area contributed by atoms with Gasteiger partial charge in [0.15, 0.2) is 0 Å². The van der Waals surface area contributed by atoms with Gasteiger partial charge in [-0.2, -0.15) is 21.9 Å². The molecule has 3 rings (SSSR count). The number of rotatable bonds is 6. The normalized spacial score (nSPS) is 10.7. The quantitative estimate of drug-likeness (QED) is 0.348. The number of thiophene rings is 1. The van der Waals surface area contributed by atoms with Crippen molar-refractivity contribution in [3.63, 3.8) is 0 Å². The first kappa shape index (κ1) is 18.1. The molecule has 0 saturated carbocycles. The zero-order valence-electron chi connectivity index (χ0n) is 14.3. The summed E-state index contributed by atoms with van der Waals surface area (Å²) in [4.78, 5) is 12.4. The van der Waals surface area contributed by atoms with Crippen LogP contribution < -0.4 is 4.74 Å². The molecule has 0 saturated heterocycles. The van der Waals surface area contributed by atoms with Crippen molar-refractivity contribution in [3.05, 3.63) is 93.2 Å². The molecule has 0 N–H and O–H groups in total. The van der Waals surface area contributed by atoms with Gasteiger partial charge in [0, 0.05) is 10.9 Å². The summed E-state index contributed by atoms with van der Waals surface area (Å²) in [6.07, 6.45) is 1.56. The van der Waals surface area contributed by atoms with E-state index in [0.29, 0.717) is 29.0 Å². The van der Waals surface area contributed by atoms with Gasteiger partial charge in [0.2, 0.25) is 5.78 Å². The molecule has 130 valence electrons. The number of carbonyl (C=O) groups is 1. The number of carbonyl (C=O) groups excluding carboxylic acids is 1. The molecule has 2 aromatic carbocycles. The molecule has 0 bridgehead atoms. The molecular weight excluding hydrogens is 356 g/mol. The van der Waals surface area contributed by atoms with Gasteiger partial charge < -0.3 is 4.74 Å². The third-order valence-electron chi connectivity index (χ3n) is 3.78. The van der Waals surface area contributed by atoms with Crippen LogP contribution in [0.5, 0.6) is 5.75 Å². The Bertz CT molecular complexity index is 1070. The van der Waals surface area contributed by atoms with Crippen LogP contribution in [0.1, 0.15) is 27.0 Å². The van der Waals surface area contributed by atoms with Crippen LogP contribution in [0.15, 0.2) is 70.9 Å². The lowest BCUT2D eigenvalue weighted by atomic mass is 10.0. The van der Waals surface area contributed by atoms with Gasteiger partial charge in [0.1, 0.15) is 24.0 Å². The molecular formula is C22H14N2O2S. The lowest BCUT2D eigenvalue weighted by molar-refractivity contribution is 0.104. The van der Waals surface area contributed by atoms with Crippen molar-refractivity contribution in [2.24, 2.45) is 0 Å². The zero-order chi connectivity index (χ0) is 19.1. The number of hydrogen-bond acceptors (Lipinski definition) is 5. The van der Waals surface area contributed by atoms with E-state index in [9.17, 15) is 10.1 Å².